The largest absolute Gasteiger partial charge is 0.480 e. The van der Waals surface area contributed by atoms with Crippen LogP contribution in [0.5, 0.6) is 0 Å². The van der Waals surface area contributed by atoms with Gasteiger partial charge in [-0.25, -0.2) is 4.79 Å². The van der Waals surface area contributed by atoms with Gasteiger partial charge >= 0.3 is 12.1 Å². The van der Waals surface area contributed by atoms with Crippen molar-refractivity contribution in [2.75, 3.05) is 51.9 Å². The van der Waals surface area contributed by atoms with Crippen LogP contribution in [0.3, 0.4) is 0 Å². The van der Waals surface area contributed by atoms with Gasteiger partial charge in [-0.15, -0.1) is 0 Å². The number of ether oxygens (including phenoxy) is 4. The number of amides is 8. The topological polar surface area (TPSA) is 321 Å². The van der Waals surface area contributed by atoms with Crippen LogP contribution in [0.1, 0.15) is 92.1 Å². The number of carbonyl (C=O) groups is 9. The number of nitrogens with one attached hydrogen (secondary N) is 8. The number of aliphatic carboxylic acids is 1. The van der Waals surface area contributed by atoms with Gasteiger partial charge in [0, 0.05) is 37.2 Å². The number of hydrogen-bond acceptors (Lipinski definition) is 14. The molecule has 0 bridgehead atoms. The molecule has 0 radical (unpaired) electrons. The number of carboxylic acid groups (broad SMARTS) is 1. The summed E-state index contributed by atoms with van der Waals surface area (Å²) in [5.41, 5.74) is 1.70. The van der Waals surface area contributed by atoms with Crippen LogP contribution in [0, 0.1) is 11.8 Å². The Labute approximate surface area is 452 Å². The minimum atomic E-state index is -1.27. The number of benzene rings is 1. The lowest BCUT2D eigenvalue weighted by Crippen LogP contribution is -2.58. The molecule has 23 nitrogen and oxygen atoms in total. The predicted octanol–water partition coefficient (Wildman–Crippen LogP) is 1.58. The Morgan fingerprint density at radius 2 is 1.61 bits per heavy atom. The van der Waals surface area contributed by atoms with Gasteiger partial charge in [0.25, 0.3) is 0 Å². The van der Waals surface area contributed by atoms with Crippen LogP contribution in [-0.2, 0) is 63.7 Å². The SMILES string of the molecule is CO[C@@H]1[C@H](OC(=O)NCC(=O)N2CCC[C@H]2C(=O)N[C@@H](CC(C)C)C(=O)NCC(=O)N[C@@H](CCSC)C(=O)N[C@@H](Cc2c[nH]c3ccccc23)C(=O)N[C@@H](C)C(=O)NCC(=O)O)CCC2(CO2)[C@H]1C1(C)OC1CC=C(C)C. The zero-order chi connectivity index (χ0) is 56.2. The quantitative estimate of drug-likeness (QED) is 0.0453. The van der Waals surface area contributed by atoms with Crippen molar-refractivity contribution in [3.63, 3.8) is 0 Å². The highest BCUT2D eigenvalue weighted by atomic mass is 32.2. The van der Waals surface area contributed by atoms with Crippen molar-refractivity contribution < 1.29 is 67.2 Å². The van der Waals surface area contributed by atoms with E-state index in [-0.39, 0.29) is 43.7 Å². The summed E-state index contributed by atoms with van der Waals surface area (Å²) in [7, 11) is 1.58. The van der Waals surface area contributed by atoms with Crippen LogP contribution in [0.4, 0.5) is 4.79 Å². The number of H-pyrrole nitrogens is 1. The van der Waals surface area contributed by atoms with Gasteiger partial charge in [-0.2, -0.15) is 11.8 Å². The fourth-order valence-corrected chi connectivity index (χ4v) is 11.0. The summed E-state index contributed by atoms with van der Waals surface area (Å²) in [4.78, 5) is 124. The van der Waals surface area contributed by atoms with Gasteiger partial charge in [-0.05, 0) is 102 Å². The smallest absolute Gasteiger partial charge is 0.407 e. The maximum absolute atomic E-state index is 14.0. The number of para-hydroxylation sites is 1. The second-order valence-electron chi connectivity index (χ2n) is 21.2. The first-order chi connectivity index (χ1) is 36.6. The maximum Gasteiger partial charge on any atom is 0.407 e. The standard InChI is InChI=1S/C53H77N9O14S/c1-29(2)15-16-40-52(6,76-40)45-44(73-7)39(17-19-53(45)28-74-53)75-51(72)57-26-42(64)62-20-11-14-38(62)50(71)61-36(22-30(3)4)47(68)55-25-41(63)59-35(18-21-77-8)48(69)60-37(23-32-24-54-34-13-10-9-12-33(32)34)49(70)58-31(5)46(67)56-27-43(65)66/h9-10,12-13,15,24,30-31,35-40,44-45,54H,11,14,16-23,25-28H2,1-8H3,(H,55,68)(H,56,67)(H,57,72)(H,58,70)(H,59,63)(H,60,69)(H,61,71)(H,65,66)/t31-,35-,36-,37-,38-,39+,40?,44+,45+,52?,53?/m0/s1. The van der Waals surface area contributed by atoms with Crippen molar-refractivity contribution >= 4 is 76.1 Å². The van der Waals surface area contributed by atoms with Crippen molar-refractivity contribution in [1.29, 1.82) is 0 Å². The molecule has 1 aromatic carbocycles. The van der Waals surface area contributed by atoms with E-state index in [4.69, 9.17) is 24.1 Å². The van der Waals surface area contributed by atoms with Crippen LogP contribution in [0.25, 0.3) is 10.9 Å². The molecule has 2 aromatic rings. The van der Waals surface area contributed by atoms with Crippen LogP contribution in [0.2, 0.25) is 0 Å². The number of likely N-dealkylation sites (tertiary alicyclic amines) is 1. The van der Waals surface area contributed by atoms with E-state index in [0.717, 1.165) is 17.3 Å². The van der Waals surface area contributed by atoms with Crippen molar-refractivity contribution in [1.82, 2.24) is 47.1 Å². The minimum Gasteiger partial charge on any atom is -0.480 e. The monoisotopic (exact) mass is 1100 g/mol. The van der Waals surface area contributed by atoms with Gasteiger partial charge in [0.05, 0.1) is 25.2 Å². The molecule has 4 fully saturated rings. The molecule has 3 unspecified atom stereocenters. The lowest BCUT2D eigenvalue weighted by molar-refractivity contribution is -0.139. The van der Waals surface area contributed by atoms with Gasteiger partial charge in [-0.1, -0.05) is 43.7 Å². The molecule has 1 spiro atoms. The highest BCUT2D eigenvalue weighted by Crippen LogP contribution is 2.59. The molecule has 77 heavy (non-hydrogen) atoms. The summed E-state index contributed by atoms with van der Waals surface area (Å²) in [5.74, 6) is -5.82. The van der Waals surface area contributed by atoms with E-state index >= 15 is 0 Å². The van der Waals surface area contributed by atoms with E-state index in [0.29, 0.717) is 43.6 Å². The minimum absolute atomic E-state index is 0.0201. The number of allylic oxidation sites excluding steroid dienone is 1. The zero-order valence-electron chi connectivity index (χ0n) is 45.2. The number of carboxylic acids is 1. The van der Waals surface area contributed by atoms with Gasteiger partial charge in [0.1, 0.15) is 66.7 Å². The van der Waals surface area contributed by atoms with Gasteiger partial charge in [-0.3, -0.25) is 38.4 Å². The second-order valence-corrected chi connectivity index (χ2v) is 22.2. The predicted molar refractivity (Wildman–Crippen MR) is 284 cm³/mol. The molecule has 1 saturated carbocycles. The van der Waals surface area contributed by atoms with Gasteiger partial charge in [0.2, 0.25) is 41.4 Å². The number of nitrogens with zero attached hydrogens (tertiary/aromatic N) is 1. The molecule has 3 saturated heterocycles. The Morgan fingerprint density at radius 3 is 2.29 bits per heavy atom. The van der Waals surface area contributed by atoms with Gasteiger partial charge in [0.15, 0.2) is 0 Å². The van der Waals surface area contributed by atoms with E-state index < -0.39 is 127 Å². The number of carbonyl (C=O) groups excluding carboxylic acids is 8. The van der Waals surface area contributed by atoms with Crippen molar-refractivity contribution in [2.45, 2.75) is 153 Å². The first-order valence-electron chi connectivity index (χ1n) is 26.3. The van der Waals surface area contributed by atoms with E-state index in [1.165, 1.54) is 29.2 Å². The van der Waals surface area contributed by atoms with Crippen LogP contribution in [-0.4, -0.2) is 180 Å². The number of fused-ring (bicyclic) bond motifs is 1. The number of rotatable bonds is 27. The number of alkyl carbamates (subject to hydrolysis) is 1. The number of methoxy groups -OCH3 is 1. The van der Waals surface area contributed by atoms with Crippen molar-refractivity contribution in [3.05, 3.63) is 47.7 Å². The first kappa shape index (κ1) is 60.0. The molecule has 24 heteroatoms. The Balaban J connectivity index is 1.02. The number of aromatic nitrogens is 1. The molecule has 1 aromatic heterocycles. The fourth-order valence-electron chi connectivity index (χ4n) is 10.5. The Hall–Kier alpha value is -6.24. The molecule has 3 aliphatic heterocycles. The number of epoxide rings is 2. The Kier molecular flexibility index (Phi) is 20.9. The molecule has 424 valence electrons. The van der Waals surface area contributed by atoms with E-state index in [2.05, 4.69) is 48.3 Å². The molecular weight excluding hydrogens is 1020 g/mol. The van der Waals surface area contributed by atoms with Crippen molar-refractivity contribution in [3.8, 4) is 0 Å². The van der Waals surface area contributed by atoms with Crippen molar-refractivity contribution in [2.24, 2.45) is 11.8 Å². The maximum atomic E-state index is 14.0. The lowest BCUT2D eigenvalue weighted by Gasteiger charge is -2.42. The zero-order valence-corrected chi connectivity index (χ0v) is 46.1. The van der Waals surface area contributed by atoms with Crippen LogP contribution < -0.4 is 37.2 Å². The third-order valence-electron chi connectivity index (χ3n) is 14.7. The number of hydrogen-bond donors (Lipinski definition) is 9. The Morgan fingerprint density at radius 1 is 0.896 bits per heavy atom. The second kappa shape index (κ2) is 26.9. The summed E-state index contributed by atoms with van der Waals surface area (Å²) in [6.07, 6.45) is 6.66. The highest BCUT2D eigenvalue weighted by Gasteiger charge is 2.72. The average Bonchev–Trinajstić information content (AvgIpc) is 4.22. The van der Waals surface area contributed by atoms with Crippen LogP contribution >= 0.6 is 11.8 Å². The number of aromatic amines is 1. The van der Waals surface area contributed by atoms with E-state index in [1.807, 2.05) is 65.1 Å². The molecule has 6 rings (SSSR count). The molecule has 11 atom stereocenters. The average molecular weight is 1100 g/mol. The molecule has 4 heterocycles. The summed E-state index contributed by atoms with van der Waals surface area (Å²) in [5, 5.41) is 27.8. The third kappa shape index (κ3) is 15.9. The summed E-state index contributed by atoms with van der Waals surface area (Å²) in [6.45, 7) is 10.3. The van der Waals surface area contributed by atoms with E-state index in [1.54, 1.807) is 13.3 Å². The first-order valence-corrected chi connectivity index (χ1v) is 27.7. The Bertz CT molecular complexity index is 2510. The molecule has 4 aliphatic rings. The van der Waals surface area contributed by atoms with Crippen LogP contribution in [0.15, 0.2) is 42.1 Å². The van der Waals surface area contributed by atoms with Gasteiger partial charge < -0.3 is 71.2 Å². The lowest BCUT2D eigenvalue weighted by atomic mass is 9.68. The van der Waals surface area contributed by atoms with E-state index in [9.17, 15) is 43.2 Å². The third-order valence-corrected chi connectivity index (χ3v) is 15.3. The molecule has 9 N–H and O–H groups in total. The normalized spacial score (nSPS) is 24.8. The highest BCUT2D eigenvalue weighted by molar-refractivity contribution is 7.98. The molecular formula is C53H77N9O14S. The number of thioether (sulfide) groups is 1. The summed E-state index contributed by atoms with van der Waals surface area (Å²) in [6, 6.07) is 1.71. The fraction of sp³-hybridized carbons (Fsp3) is 0.642. The summed E-state index contributed by atoms with van der Waals surface area (Å²) >= 11 is 1.41. The summed E-state index contributed by atoms with van der Waals surface area (Å²) < 4.78 is 24.2. The molecule has 8 amide bonds. The molecule has 1 aliphatic carbocycles.